The number of carbonyl (C=O) groups is 2. The van der Waals surface area contributed by atoms with Crippen LogP contribution in [0.25, 0.3) is 11.1 Å². The summed E-state index contributed by atoms with van der Waals surface area (Å²) >= 11 is 6.41. The van der Waals surface area contributed by atoms with Gasteiger partial charge in [0, 0.05) is 56.2 Å². The van der Waals surface area contributed by atoms with Gasteiger partial charge in [0.25, 0.3) is 11.8 Å². The molecule has 1 fully saturated rings. The monoisotopic (exact) mass is 549 g/mol. The Hall–Kier alpha value is -3.62. The van der Waals surface area contributed by atoms with Gasteiger partial charge in [-0.2, -0.15) is 0 Å². The lowest BCUT2D eigenvalue weighted by molar-refractivity contribution is 0.0720. The molecule has 9 heteroatoms. The summed E-state index contributed by atoms with van der Waals surface area (Å²) in [5.74, 6) is 0.253. The van der Waals surface area contributed by atoms with E-state index in [2.05, 4.69) is 22.1 Å². The van der Waals surface area contributed by atoms with Gasteiger partial charge in [-0.25, -0.2) is 4.98 Å². The fraction of sp³-hybridized carbons (Fsp3) is 0.367. The van der Waals surface area contributed by atoms with Crippen molar-refractivity contribution < 1.29 is 14.3 Å². The Morgan fingerprint density at radius 2 is 1.95 bits per heavy atom. The normalized spacial score (nSPS) is 15.3. The van der Waals surface area contributed by atoms with Crippen LogP contribution in [0.1, 0.15) is 46.5 Å². The lowest BCUT2D eigenvalue weighted by atomic mass is 9.99. The summed E-state index contributed by atoms with van der Waals surface area (Å²) in [4.78, 5) is 35.2. The molecule has 2 amide bonds. The molecule has 206 valence electrons. The van der Waals surface area contributed by atoms with Crippen molar-refractivity contribution >= 4 is 29.1 Å². The number of anilines is 1. The van der Waals surface area contributed by atoms with Gasteiger partial charge in [-0.05, 0) is 67.8 Å². The number of halogens is 1. The van der Waals surface area contributed by atoms with E-state index in [9.17, 15) is 9.59 Å². The summed E-state index contributed by atoms with van der Waals surface area (Å²) in [6.07, 6.45) is 2.49. The molecule has 1 aliphatic heterocycles. The number of aromatic nitrogens is 1. The van der Waals surface area contributed by atoms with Crippen LogP contribution < -0.4 is 20.7 Å². The lowest BCUT2D eigenvalue weighted by Gasteiger charge is -2.43. The molecule has 4 rings (SSSR count). The largest absolute Gasteiger partial charge is 0.478 e. The van der Waals surface area contributed by atoms with Crippen molar-refractivity contribution in [1.82, 2.24) is 15.2 Å². The van der Waals surface area contributed by atoms with Gasteiger partial charge in [-0.15, -0.1) is 0 Å². The highest BCUT2D eigenvalue weighted by Crippen LogP contribution is 2.34. The fourth-order valence-corrected chi connectivity index (χ4v) is 5.27. The predicted octanol–water partition coefficient (Wildman–Crippen LogP) is 4.54. The van der Waals surface area contributed by atoms with Crippen molar-refractivity contribution in [1.29, 1.82) is 0 Å². The van der Waals surface area contributed by atoms with Crippen LogP contribution >= 0.6 is 11.6 Å². The third kappa shape index (κ3) is 6.34. The Morgan fingerprint density at radius 3 is 2.67 bits per heavy atom. The molecule has 1 aromatic heterocycles. The van der Waals surface area contributed by atoms with Crippen LogP contribution in [0.3, 0.4) is 0 Å². The van der Waals surface area contributed by atoms with Crippen molar-refractivity contribution in [3.63, 3.8) is 0 Å². The van der Waals surface area contributed by atoms with E-state index in [1.165, 1.54) is 0 Å². The maximum atomic E-state index is 13.4. The molecule has 2 aromatic carbocycles. The van der Waals surface area contributed by atoms with E-state index in [0.717, 1.165) is 28.8 Å². The first kappa shape index (κ1) is 28.4. The highest BCUT2D eigenvalue weighted by molar-refractivity contribution is 6.33. The Balaban J connectivity index is 1.66. The highest BCUT2D eigenvalue weighted by atomic mass is 35.5. The van der Waals surface area contributed by atoms with E-state index in [1.54, 1.807) is 12.3 Å². The molecule has 3 aromatic rings. The number of hydrogen-bond donors (Lipinski definition) is 2. The Morgan fingerprint density at radius 1 is 1.13 bits per heavy atom. The van der Waals surface area contributed by atoms with Gasteiger partial charge in [0.15, 0.2) is 0 Å². The number of amides is 2. The van der Waals surface area contributed by atoms with Crippen LogP contribution in [0.2, 0.25) is 5.02 Å². The first-order valence-electron chi connectivity index (χ1n) is 13.4. The number of piperazine rings is 1. The quantitative estimate of drug-likeness (QED) is 0.406. The molecule has 1 saturated heterocycles. The maximum Gasteiger partial charge on any atom is 0.255 e. The predicted molar refractivity (Wildman–Crippen MR) is 156 cm³/mol. The smallest absolute Gasteiger partial charge is 0.255 e. The second kappa shape index (κ2) is 13.0. The lowest BCUT2D eigenvalue weighted by Crippen LogP contribution is -2.55. The second-order valence-electron chi connectivity index (χ2n) is 9.56. The van der Waals surface area contributed by atoms with Crippen LogP contribution in [0.4, 0.5) is 5.69 Å². The molecule has 0 spiro atoms. The fourth-order valence-electron chi connectivity index (χ4n) is 4.95. The summed E-state index contributed by atoms with van der Waals surface area (Å²) in [6, 6.07) is 15.2. The van der Waals surface area contributed by atoms with Gasteiger partial charge in [-0.3, -0.25) is 9.59 Å². The summed E-state index contributed by atoms with van der Waals surface area (Å²) < 4.78 is 5.74. The van der Waals surface area contributed by atoms with Gasteiger partial charge in [0.2, 0.25) is 5.88 Å². The number of nitrogens with zero attached hydrogens (tertiary/aromatic N) is 3. The zero-order chi connectivity index (χ0) is 27.9. The number of pyridine rings is 1. The number of ether oxygens (including phenoxy) is 1. The Labute approximate surface area is 235 Å². The van der Waals surface area contributed by atoms with E-state index in [4.69, 9.17) is 22.1 Å². The van der Waals surface area contributed by atoms with Gasteiger partial charge in [0.05, 0.1) is 22.8 Å². The van der Waals surface area contributed by atoms with Crippen LogP contribution in [0, 0.1) is 6.92 Å². The van der Waals surface area contributed by atoms with Crippen molar-refractivity contribution in [3.05, 3.63) is 76.4 Å². The van der Waals surface area contributed by atoms with Crippen molar-refractivity contribution in [2.24, 2.45) is 5.73 Å². The minimum absolute atomic E-state index is 0.0243. The average Bonchev–Trinajstić information content (AvgIpc) is 2.95. The number of carbonyl (C=O) groups excluding carboxylic acids is 2. The molecule has 1 atom stereocenters. The number of nitrogens with one attached hydrogen (secondary N) is 1. The SMILES string of the molecule is CCOc1ncccc1-c1ccc(N2CCN(C(=O)c3ccc(C)cc3Cl)C[C@H]2CC)c(C(=O)NCCN)c1. The molecule has 2 heterocycles. The van der Waals surface area contributed by atoms with E-state index in [1.807, 2.05) is 61.2 Å². The molecule has 0 bridgehead atoms. The molecule has 0 saturated carbocycles. The van der Waals surface area contributed by atoms with Crippen LogP contribution in [-0.2, 0) is 0 Å². The van der Waals surface area contributed by atoms with Crippen LogP contribution in [0.5, 0.6) is 5.88 Å². The van der Waals surface area contributed by atoms with Crippen LogP contribution in [0.15, 0.2) is 54.7 Å². The molecule has 1 aliphatic rings. The molecule has 0 aliphatic carbocycles. The number of nitrogens with two attached hydrogens (primary N) is 1. The van der Waals surface area contributed by atoms with Gasteiger partial charge >= 0.3 is 0 Å². The van der Waals surface area contributed by atoms with Gasteiger partial charge in [-0.1, -0.05) is 30.7 Å². The zero-order valence-corrected chi connectivity index (χ0v) is 23.5. The third-order valence-corrected chi connectivity index (χ3v) is 7.25. The molecular formula is C30H36ClN5O3. The van der Waals surface area contributed by atoms with Crippen molar-refractivity contribution in [2.45, 2.75) is 33.2 Å². The topological polar surface area (TPSA) is 101 Å². The molecule has 3 N–H and O–H groups in total. The minimum atomic E-state index is -0.195. The number of rotatable bonds is 9. The molecule has 39 heavy (non-hydrogen) atoms. The van der Waals surface area contributed by atoms with E-state index in [0.29, 0.717) is 61.4 Å². The molecule has 0 unspecified atom stereocenters. The van der Waals surface area contributed by atoms with E-state index < -0.39 is 0 Å². The Bertz CT molecular complexity index is 1330. The highest BCUT2D eigenvalue weighted by Gasteiger charge is 2.32. The minimum Gasteiger partial charge on any atom is -0.478 e. The molecule has 0 radical (unpaired) electrons. The van der Waals surface area contributed by atoms with E-state index >= 15 is 0 Å². The summed E-state index contributed by atoms with van der Waals surface area (Å²) in [5, 5.41) is 3.39. The standard InChI is InChI=1S/C30H36ClN5O3/c1-4-22-19-35(30(38)24-10-8-20(3)17-26(24)31)15-16-36(22)27-11-9-21(18-25(27)28(37)33-14-12-32)23-7-6-13-34-29(23)39-5-2/h6-11,13,17-18,22H,4-5,12,14-16,19,32H2,1-3H3,(H,33,37)/t22-/m1/s1. The third-order valence-electron chi connectivity index (χ3n) is 6.94. The number of aryl methyl sites for hydroxylation is 1. The first-order chi connectivity index (χ1) is 18.9. The number of hydrogen-bond acceptors (Lipinski definition) is 6. The van der Waals surface area contributed by atoms with Crippen molar-refractivity contribution in [2.75, 3.05) is 44.2 Å². The molecular weight excluding hydrogens is 514 g/mol. The van der Waals surface area contributed by atoms with E-state index in [-0.39, 0.29) is 17.9 Å². The van der Waals surface area contributed by atoms with Gasteiger partial charge < -0.3 is 25.6 Å². The summed E-state index contributed by atoms with van der Waals surface area (Å²) in [6.45, 7) is 8.79. The molecule has 8 nitrogen and oxygen atoms in total. The average molecular weight is 550 g/mol. The van der Waals surface area contributed by atoms with Crippen LogP contribution in [-0.4, -0.2) is 67.1 Å². The number of benzene rings is 2. The van der Waals surface area contributed by atoms with Crippen molar-refractivity contribution in [3.8, 4) is 17.0 Å². The summed E-state index contributed by atoms with van der Waals surface area (Å²) in [5.41, 5.74) is 10.2. The van der Waals surface area contributed by atoms with Gasteiger partial charge in [0.1, 0.15) is 0 Å². The summed E-state index contributed by atoms with van der Waals surface area (Å²) in [7, 11) is 0. The first-order valence-corrected chi connectivity index (χ1v) is 13.8. The second-order valence-corrected chi connectivity index (χ2v) is 9.96. The zero-order valence-electron chi connectivity index (χ0n) is 22.7. The maximum absolute atomic E-state index is 13.4. The Kier molecular flexibility index (Phi) is 9.43.